The van der Waals surface area contributed by atoms with Gasteiger partial charge in [-0.3, -0.25) is 4.90 Å². The third-order valence-electron chi connectivity index (χ3n) is 3.82. The Morgan fingerprint density at radius 2 is 2.29 bits per heavy atom. The van der Waals surface area contributed by atoms with Crippen LogP contribution in [-0.4, -0.2) is 48.3 Å². The Morgan fingerprint density at radius 1 is 1.46 bits per heavy atom. The highest BCUT2D eigenvalue weighted by molar-refractivity contribution is 5.75. The molecule has 2 aromatic rings. The summed E-state index contributed by atoms with van der Waals surface area (Å²) in [6, 6.07) is 6.16. The number of aromatic nitrogens is 1. The van der Waals surface area contributed by atoms with Crippen LogP contribution in [0.3, 0.4) is 0 Å². The Bertz CT molecular complexity index is 718. The molecule has 0 radical (unpaired) electrons. The zero-order valence-corrected chi connectivity index (χ0v) is 13.6. The van der Waals surface area contributed by atoms with Crippen LogP contribution in [0, 0.1) is 5.82 Å². The van der Waals surface area contributed by atoms with Crippen LogP contribution in [0.25, 0.3) is 11.3 Å². The largest absolute Gasteiger partial charge is 0.467 e. The molecule has 6 nitrogen and oxygen atoms in total. The molecule has 128 valence electrons. The first-order valence-electron chi connectivity index (χ1n) is 7.71. The zero-order valence-electron chi connectivity index (χ0n) is 13.6. The van der Waals surface area contributed by atoms with Crippen molar-refractivity contribution >= 4 is 5.97 Å². The monoisotopic (exact) mass is 334 g/mol. The minimum Gasteiger partial charge on any atom is -0.467 e. The summed E-state index contributed by atoms with van der Waals surface area (Å²) in [6.45, 7) is 3.41. The number of benzene rings is 1. The summed E-state index contributed by atoms with van der Waals surface area (Å²) < 4.78 is 29.3. The molecule has 1 fully saturated rings. The molecule has 0 N–H and O–H groups in total. The van der Waals surface area contributed by atoms with Gasteiger partial charge in [-0.15, -0.1) is 0 Å². The van der Waals surface area contributed by atoms with E-state index < -0.39 is 6.10 Å². The number of nitrogens with zero attached hydrogens (tertiary/aromatic N) is 2. The van der Waals surface area contributed by atoms with Gasteiger partial charge in [-0.1, -0.05) is 12.1 Å². The van der Waals surface area contributed by atoms with Gasteiger partial charge in [-0.25, -0.2) is 14.2 Å². The molecular formula is C17H19FN2O4. The van der Waals surface area contributed by atoms with Crippen molar-refractivity contribution in [2.75, 3.05) is 20.2 Å². The van der Waals surface area contributed by atoms with Crippen LogP contribution in [0.1, 0.15) is 12.8 Å². The summed E-state index contributed by atoms with van der Waals surface area (Å²) in [4.78, 5) is 18.0. The molecule has 1 aliphatic rings. The maximum atomic E-state index is 13.3. The molecule has 24 heavy (non-hydrogen) atoms. The van der Waals surface area contributed by atoms with Crippen molar-refractivity contribution in [3.8, 4) is 11.3 Å². The Balaban J connectivity index is 1.69. The molecule has 2 heterocycles. The fourth-order valence-electron chi connectivity index (χ4n) is 2.78. The van der Waals surface area contributed by atoms with Crippen molar-refractivity contribution < 1.29 is 23.1 Å². The number of oxazole rings is 1. The van der Waals surface area contributed by atoms with E-state index in [9.17, 15) is 9.18 Å². The quantitative estimate of drug-likeness (QED) is 0.799. The molecule has 1 unspecified atom stereocenters. The van der Waals surface area contributed by atoms with Crippen molar-refractivity contribution in [1.29, 1.82) is 0 Å². The predicted molar refractivity (Wildman–Crippen MR) is 83.5 cm³/mol. The van der Waals surface area contributed by atoms with E-state index in [2.05, 4.69) is 4.98 Å². The van der Waals surface area contributed by atoms with Gasteiger partial charge in [-0.05, 0) is 19.1 Å². The first kappa shape index (κ1) is 16.6. The maximum Gasteiger partial charge on any atom is 0.336 e. The summed E-state index contributed by atoms with van der Waals surface area (Å²) in [5.41, 5.74) is 0.636. The van der Waals surface area contributed by atoms with Crippen LogP contribution < -0.4 is 0 Å². The highest BCUT2D eigenvalue weighted by Crippen LogP contribution is 2.22. The SMILES string of the molecule is COC(=O)C1CN(Cc2ncc(-c3cccc(F)c3)o2)C[C@@H](C)O1. The molecule has 2 atom stereocenters. The summed E-state index contributed by atoms with van der Waals surface area (Å²) >= 11 is 0. The number of carbonyl (C=O) groups excluding carboxylic acids is 1. The van der Waals surface area contributed by atoms with Crippen molar-refractivity contribution in [3.63, 3.8) is 0 Å². The normalized spacial score (nSPS) is 21.6. The fourth-order valence-corrected chi connectivity index (χ4v) is 2.78. The average molecular weight is 334 g/mol. The number of carbonyl (C=O) groups is 1. The Labute approximate surface area is 139 Å². The van der Waals surface area contributed by atoms with E-state index >= 15 is 0 Å². The number of hydrogen-bond donors (Lipinski definition) is 0. The van der Waals surface area contributed by atoms with Crippen LogP contribution in [0.5, 0.6) is 0 Å². The molecule has 3 rings (SSSR count). The molecule has 0 bridgehead atoms. The lowest BCUT2D eigenvalue weighted by atomic mass is 10.2. The third kappa shape index (κ3) is 3.80. The predicted octanol–water partition coefficient (Wildman–Crippen LogP) is 2.24. The number of ether oxygens (including phenoxy) is 2. The van der Waals surface area contributed by atoms with E-state index in [0.717, 1.165) is 0 Å². The molecule has 1 saturated heterocycles. The molecule has 1 aromatic carbocycles. The van der Waals surface area contributed by atoms with Crippen molar-refractivity contribution in [2.24, 2.45) is 0 Å². The standard InChI is InChI=1S/C17H19FN2O4/c1-11-8-20(9-15(23-11)17(21)22-2)10-16-19-7-14(24-16)12-4-3-5-13(18)6-12/h3-7,11,15H,8-10H2,1-2H3/t11-,15?/m1/s1. The van der Waals surface area contributed by atoms with Gasteiger partial charge in [0.15, 0.2) is 11.9 Å². The maximum absolute atomic E-state index is 13.3. The number of halogens is 1. The van der Waals surface area contributed by atoms with E-state index in [0.29, 0.717) is 36.8 Å². The lowest BCUT2D eigenvalue weighted by Crippen LogP contribution is -2.49. The second-order valence-corrected chi connectivity index (χ2v) is 5.78. The van der Waals surface area contributed by atoms with Gasteiger partial charge in [0.1, 0.15) is 5.82 Å². The first-order chi connectivity index (χ1) is 11.5. The van der Waals surface area contributed by atoms with Gasteiger partial charge in [0.25, 0.3) is 0 Å². The molecule has 7 heteroatoms. The van der Waals surface area contributed by atoms with Gasteiger partial charge < -0.3 is 13.9 Å². The zero-order chi connectivity index (χ0) is 17.1. The molecular weight excluding hydrogens is 315 g/mol. The second kappa shape index (κ2) is 7.11. The minimum atomic E-state index is -0.614. The molecule has 1 aliphatic heterocycles. The van der Waals surface area contributed by atoms with Crippen LogP contribution in [0.15, 0.2) is 34.9 Å². The first-order valence-corrected chi connectivity index (χ1v) is 7.71. The number of morpholine rings is 1. The highest BCUT2D eigenvalue weighted by Gasteiger charge is 2.31. The summed E-state index contributed by atoms with van der Waals surface area (Å²) in [5.74, 6) is 0.301. The minimum absolute atomic E-state index is 0.0968. The van der Waals surface area contributed by atoms with E-state index in [1.807, 2.05) is 11.8 Å². The van der Waals surface area contributed by atoms with E-state index in [4.69, 9.17) is 13.9 Å². The van der Waals surface area contributed by atoms with Crippen molar-refractivity contribution in [3.05, 3.63) is 42.2 Å². The lowest BCUT2D eigenvalue weighted by molar-refractivity contribution is -0.166. The third-order valence-corrected chi connectivity index (χ3v) is 3.82. The van der Waals surface area contributed by atoms with E-state index in [1.165, 1.54) is 19.2 Å². The fraction of sp³-hybridized carbons (Fsp3) is 0.412. The van der Waals surface area contributed by atoms with Crippen LogP contribution >= 0.6 is 0 Å². The smallest absolute Gasteiger partial charge is 0.336 e. The second-order valence-electron chi connectivity index (χ2n) is 5.78. The Kier molecular flexibility index (Phi) is 4.92. The molecule has 1 aromatic heterocycles. The highest BCUT2D eigenvalue weighted by atomic mass is 19.1. The van der Waals surface area contributed by atoms with Gasteiger partial charge in [0.2, 0.25) is 5.89 Å². The topological polar surface area (TPSA) is 64.8 Å². The molecule has 0 aliphatic carbocycles. The number of esters is 1. The van der Waals surface area contributed by atoms with Crippen LogP contribution in [0.2, 0.25) is 0 Å². The average Bonchev–Trinajstić information content (AvgIpc) is 3.02. The molecule has 0 saturated carbocycles. The summed E-state index contributed by atoms with van der Waals surface area (Å²) in [7, 11) is 1.34. The number of methoxy groups -OCH3 is 1. The molecule has 0 spiro atoms. The van der Waals surface area contributed by atoms with Gasteiger partial charge in [0, 0.05) is 18.7 Å². The molecule has 0 amide bonds. The van der Waals surface area contributed by atoms with Crippen molar-refractivity contribution in [1.82, 2.24) is 9.88 Å². The number of hydrogen-bond acceptors (Lipinski definition) is 6. The van der Waals surface area contributed by atoms with E-state index in [-0.39, 0.29) is 17.9 Å². The van der Waals surface area contributed by atoms with Crippen molar-refractivity contribution in [2.45, 2.75) is 25.7 Å². The summed E-state index contributed by atoms with van der Waals surface area (Å²) in [5, 5.41) is 0. The van der Waals surface area contributed by atoms with Gasteiger partial charge in [-0.2, -0.15) is 0 Å². The Hall–Kier alpha value is -2.25. The van der Waals surface area contributed by atoms with Gasteiger partial charge in [0.05, 0.1) is 26.0 Å². The van der Waals surface area contributed by atoms with Crippen LogP contribution in [0.4, 0.5) is 4.39 Å². The number of rotatable bonds is 4. The van der Waals surface area contributed by atoms with Crippen LogP contribution in [-0.2, 0) is 20.8 Å². The lowest BCUT2D eigenvalue weighted by Gasteiger charge is -2.34. The van der Waals surface area contributed by atoms with Gasteiger partial charge >= 0.3 is 5.97 Å². The van der Waals surface area contributed by atoms with E-state index in [1.54, 1.807) is 18.3 Å². The summed E-state index contributed by atoms with van der Waals surface area (Å²) in [6.07, 6.45) is 0.864. The Morgan fingerprint density at radius 3 is 3.04 bits per heavy atom.